The molecule has 0 aliphatic heterocycles. The lowest BCUT2D eigenvalue weighted by molar-refractivity contribution is 0.265. The molecule has 1 rings (SSSR count). The Bertz CT molecular complexity index is 273. The zero-order chi connectivity index (χ0) is 9.84. The lowest BCUT2D eigenvalue weighted by Gasteiger charge is -2.20. The van der Waals surface area contributed by atoms with Crippen molar-refractivity contribution in [3.63, 3.8) is 0 Å². The van der Waals surface area contributed by atoms with E-state index in [1.807, 2.05) is 12.3 Å². The van der Waals surface area contributed by atoms with Crippen molar-refractivity contribution in [2.75, 3.05) is 7.05 Å². The first-order valence-electron chi connectivity index (χ1n) is 4.40. The van der Waals surface area contributed by atoms with Crippen LogP contribution in [0.15, 0.2) is 22.9 Å². The van der Waals surface area contributed by atoms with Crippen molar-refractivity contribution in [2.45, 2.75) is 26.4 Å². The van der Waals surface area contributed by atoms with Crippen LogP contribution in [0, 0.1) is 0 Å². The van der Waals surface area contributed by atoms with Crippen molar-refractivity contribution in [1.82, 2.24) is 9.88 Å². The number of halogens is 1. The average molecular weight is 243 g/mol. The monoisotopic (exact) mass is 242 g/mol. The van der Waals surface area contributed by atoms with Crippen LogP contribution < -0.4 is 0 Å². The third-order valence-electron chi connectivity index (χ3n) is 2.10. The number of pyridine rings is 1. The molecular formula is C10H15BrN2. The van der Waals surface area contributed by atoms with Gasteiger partial charge in [0.05, 0.1) is 0 Å². The van der Waals surface area contributed by atoms with E-state index < -0.39 is 0 Å². The summed E-state index contributed by atoms with van der Waals surface area (Å²) >= 11 is 3.36. The van der Waals surface area contributed by atoms with Crippen molar-refractivity contribution in [2.24, 2.45) is 0 Å². The van der Waals surface area contributed by atoms with Crippen LogP contribution in [0.1, 0.15) is 19.4 Å². The van der Waals surface area contributed by atoms with Crippen LogP contribution in [0.4, 0.5) is 0 Å². The van der Waals surface area contributed by atoms with Gasteiger partial charge in [0.1, 0.15) is 4.60 Å². The molecule has 0 atom stereocenters. The van der Waals surface area contributed by atoms with E-state index in [0.29, 0.717) is 6.04 Å². The number of rotatable bonds is 3. The van der Waals surface area contributed by atoms with Crippen LogP contribution in [0.5, 0.6) is 0 Å². The van der Waals surface area contributed by atoms with Gasteiger partial charge in [0.15, 0.2) is 0 Å². The number of hydrogen-bond acceptors (Lipinski definition) is 2. The molecule has 0 radical (unpaired) electrons. The molecule has 0 amide bonds. The first-order valence-corrected chi connectivity index (χ1v) is 5.19. The van der Waals surface area contributed by atoms with Gasteiger partial charge in [-0.2, -0.15) is 0 Å². The van der Waals surface area contributed by atoms with Gasteiger partial charge in [-0.25, -0.2) is 4.98 Å². The molecule has 0 saturated heterocycles. The van der Waals surface area contributed by atoms with Gasteiger partial charge in [0, 0.05) is 18.8 Å². The van der Waals surface area contributed by atoms with E-state index in [1.54, 1.807) is 0 Å². The zero-order valence-corrected chi connectivity index (χ0v) is 9.87. The first kappa shape index (κ1) is 10.7. The predicted molar refractivity (Wildman–Crippen MR) is 58.5 cm³/mol. The molecule has 0 unspecified atom stereocenters. The fraction of sp³-hybridized carbons (Fsp3) is 0.500. The second-order valence-corrected chi connectivity index (χ2v) is 4.31. The third-order valence-corrected chi connectivity index (χ3v) is 2.54. The molecule has 2 nitrogen and oxygen atoms in total. The van der Waals surface area contributed by atoms with Crippen molar-refractivity contribution < 1.29 is 0 Å². The quantitative estimate of drug-likeness (QED) is 0.759. The summed E-state index contributed by atoms with van der Waals surface area (Å²) < 4.78 is 0.905. The molecular weight excluding hydrogens is 228 g/mol. The van der Waals surface area contributed by atoms with Crippen LogP contribution in [0.2, 0.25) is 0 Å². The minimum Gasteiger partial charge on any atom is -0.300 e. The first-order chi connectivity index (χ1) is 6.09. The molecule has 0 aromatic carbocycles. The Balaban J connectivity index is 2.64. The molecule has 0 aliphatic rings. The maximum atomic E-state index is 4.09. The summed E-state index contributed by atoms with van der Waals surface area (Å²) in [6.07, 6.45) is 1.83. The van der Waals surface area contributed by atoms with Gasteiger partial charge in [0.2, 0.25) is 0 Å². The van der Waals surface area contributed by atoms with E-state index in [9.17, 15) is 0 Å². The number of aromatic nitrogens is 1. The second kappa shape index (κ2) is 4.72. The maximum absolute atomic E-state index is 4.09. The molecule has 0 saturated carbocycles. The van der Waals surface area contributed by atoms with Gasteiger partial charge in [-0.05, 0) is 54.5 Å². The smallest absolute Gasteiger partial charge is 0.106 e. The predicted octanol–water partition coefficient (Wildman–Crippen LogP) is 2.68. The van der Waals surface area contributed by atoms with Gasteiger partial charge in [-0.1, -0.05) is 0 Å². The van der Waals surface area contributed by atoms with Crippen LogP contribution in [0.25, 0.3) is 0 Å². The van der Waals surface area contributed by atoms with Crippen LogP contribution in [-0.4, -0.2) is 23.0 Å². The van der Waals surface area contributed by atoms with Crippen LogP contribution >= 0.6 is 15.9 Å². The highest BCUT2D eigenvalue weighted by atomic mass is 79.9. The minimum absolute atomic E-state index is 0.576. The number of hydrogen-bond donors (Lipinski definition) is 0. The van der Waals surface area contributed by atoms with E-state index in [0.717, 1.165) is 11.1 Å². The highest BCUT2D eigenvalue weighted by Gasteiger charge is 2.03. The Morgan fingerprint density at radius 3 is 2.77 bits per heavy atom. The van der Waals surface area contributed by atoms with E-state index in [1.165, 1.54) is 5.56 Å². The molecule has 13 heavy (non-hydrogen) atoms. The molecule has 1 heterocycles. The Morgan fingerprint density at radius 2 is 2.23 bits per heavy atom. The topological polar surface area (TPSA) is 16.1 Å². The molecule has 0 bridgehead atoms. The summed E-state index contributed by atoms with van der Waals surface area (Å²) in [6.45, 7) is 5.35. The fourth-order valence-electron chi connectivity index (χ4n) is 1.01. The SMILES string of the molecule is CC(C)N(C)Cc1ccnc(Br)c1. The average Bonchev–Trinajstić information content (AvgIpc) is 2.04. The molecule has 3 heteroatoms. The lowest BCUT2D eigenvalue weighted by atomic mass is 10.2. The largest absolute Gasteiger partial charge is 0.300 e. The van der Waals surface area contributed by atoms with Crippen LogP contribution in [-0.2, 0) is 6.54 Å². The standard InChI is InChI=1S/C10H15BrN2/c1-8(2)13(3)7-9-4-5-12-10(11)6-9/h4-6,8H,7H2,1-3H3. The van der Waals surface area contributed by atoms with Crippen molar-refractivity contribution >= 4 is 15.9 Å². The highest BCUT2D eigenvalue weighted by molar-refractivity contribution is 9.10. The fourth-order valence-corrected chi connectivity index (χ4v) is 1.42. The molecule has 1 aromatic rings. The summed E-state index contributed by atoms with van der Waals surface area (Å²) in [4.78, 5) is 6.38. The summed E-state index contributed by atoms with van der Waals surface area (Å²) in [5.41, 5.74) is 1.29. The Kier molecular flexibility index (Phi) is 3.88. The van der Waals surface area contributed by atoms with Gasteiger partial charge in [-0.3, -0.25) is 4.90 Å². The summed E-state index contributed by atoms with van der Waals surface area (Å²) in [5.74, 6) is 0. The lowest BCUT2D eigenvalue weighted by Crippen LogP contribution is -2.25. The molecule has 1 aromatic heterocycles. The van der Waals surface area contributed by atoms with E-state index >= 15 is 0 Å². The normalized spacial score (nSPS) is 11.2. The Hall–Kier alpha value is -0.410. The zero-order valence-electron chi connectivity index (χ0n) is 8.29. The summed E-state index contributed by atoms with van der Waals surface area (Å²) in [5, 5.41) is 0. The van der Waals surface area contributed by atoms with E-state index in [2.05, 4.69) is 52.8 Å². The Labute approximate surface area is 88.1 Å². The van der Waals surface area contributed by atoms with Crippen molar-refractivity contribution in [3.8, 4) is 0 Å². The molecule has 72 valence electrons. The summed E-state index contributed by atoms with van der Waals surface area (Å²) in [6, 6.07) is 4.68. The molecule has 0 N–H and O–H groups in total. The van der Waals surface area contributed by atoms with Crippen molar-refractivity contribution in [3.05, 3.63) is 28.5 Å². The number of nitrogens with zero attached hydrogens (tertiary/aromatic N) is 2. The molecule has 0 fully saturated rings. The Morgan fingerprint density at radius 1 is 1.54 bits per heavy atom. The second-order valence-electron chi connectivity index (χ2n) is 3.50. The molecule has 0 spiro atoms. The maximum Gasteiger partial charge on any atom is 0.106 e. The van der Waals surface area contributed by atoms with Gasteiger partial charge >= 0.3 is 0 Å². The van der Waals surface area contributed by atoms with E-state index in [-0.39, 0.29) is 0 Å². The van der Waals surface area contributed by atoms with Gasteiger partial charge in [0.25, 0.3) is 0 Å². The van der Waals surface area contributed by atoms with Gasteiger partial charge < -0.3 is 0 Å². The highest BCUT2D eigenvalue weighted by Crippen LogP contribution is 2.10. The van der Waals surface area contributed by atoms with Crippen LogP contribution in [0.3, 0.4) is 0 Å². The minimum atomic E-state index is 0.576. The summed E-state index contributed by atoms with van der Waals surface area (Å²) in [7, 11) is 2.12. The van der Waals surface area contributed by atoms with Crippen molar-refractivity contribution in [1.29, 1.82) is 0 Å². The molecule has 0 aliphatic carbocycles. The van der Waals surface area contributed by atoms with E-state index in [4.69, 9.17) is 0 Å². The van der Waals surface area contributed by atoms with Gasteiger partial charge in [-0.15, -0.1) is 0 Å². The third kappa shape index (κ3) is 3.44.